The molecular formula is C19H21BrN2O3. The van der Waals surface area contributed by atoms with E-state index in [0.717, 1.165) is 10.0 Å². The van der Waals surface area contributed by atoms with Gasteiger partial charge in [0.1, 0.15) is 5.75 Å². The van der Waals surface area contributed by atoms with Crippen LogP contribution in [0.5, 0.6) is 5.75 Å². The molecule has 0 bridgehead atoms. The van der Waals surface area contributed by atoms with Crippen molar-refractivity contribution in [3.05, 3.63) is 63.6 Å². The highest BCUT2D eigenvalue weighted by Crippen LogP contribution is 2.16. The molecule has 2 rings (SSSR count). The Morgan fingerprint density at radius 1 is 1.00 bits per heavy atom. The van der Waals surface area contributed by atoms with Gasteiger partial charge in [-0.2, -0.15) is 0 Å². The van der Waals surface area contributed by atoms with Gasteiger partial charge in [-0.1, -0.05) is 18.2 Å². The summed E-state index contributed by atoms with van der Waals surface area (Å²) in [7, 11) is 0. The minimum absolute atomic E-state index is 0.0549. The van der Waals surface area contributed by atoms with Gasteiger partial charge in [-0.05, 0) is 65.2 Å². The van der Waals surface area contributed by atoms with Gasteiger partial charge in [-0.3, -0.25) is 9.59 Å². The number of hydrogen-bond acceptors (Lipinski definition) is 3. The topological polar surface area (TPSA) is 67.4 Å². The highest BCUT2D eigenvalue weighted by atomic mass is 79.9. The van der Waals surface area contributed by atoms with Crippen molar-refractivity contribution >= 4 is 27.7 Å². The van der Waals surface area contributed by atoms with Crippen molar-refractivity contribution in [3.63, 3.8) is 0 Å². The van der Waals surface area contributed by atoms with Crippen LogP contribution < -0.4 is 15.4 Å². The van der Waals surface area contributed by atoms with Crippen molar-refractivity contribution in [1.29, 1.82) is 0 Å². The van der Waals surface area contributed by atoms with Crippen LogP contribution in [0.3, 0.4) is 0 Å². The van der Waals surface area contributed by atoms with Crippen LogP contribution in [0.2, 0.25) is 0 Å². The summed E-state index contributed by atoms with van der Waals surface area (Å²) in [6.07, 6.45) is 0. The number of amides is 2. The fourth-order valence-corrected chi connectivity index (χ4v) is 2.59. The average Bonchev–Trinajstić information content (AvgIpc) is 2.60. The van der Waals surface area contributed by atoms with Crippen LogP contribution in [-0.2, 0) is 4.79 Å². The molecule has 0 saturated heterocycles. The van der Waals surface area contributed by atoms with Gasteiger partial charge in [0.2, 0.25) is 0 Å². The lowest BCUT2D eigenvalue weighted by Gasteiger charge is -2.10. The number of aryl methyl sites for hydroxylation is 2. The van der Waals surface area contributed by atoms with Gasteiger partial charge in [0, 0.05) is 17.6 Å². The van der Waals surface area contributed by atoms with Crippen LogP contribution in [0.4, 0.5) is 0 Å². The minimum atomic E-state index is -0.228. The van der Waals surface area contributed by atoms with E-state index in [1.54, 1.807) is 18.2 Å². The largest absolute Gasteiger partial charge is 0.484 e. The molecule has 0 heterocycles. The summed E-state index contributed by atoms with van der Waals surface area (Å²) < 4.78 is 6.20. The summed E-state index contributed by atoms with van der Waals surface area (Å²) in [5.74, 6) is 0.252. The van der Waals surface area contributed by atoms with Gasteiger partial charge < -0.3 is 15.4 Å². The number of nitrogens with one attached hydrogen (secondary N) is 2. The van der Waals surface area contributed by atoms with Crippen molar-refractivity contribution in [3.8, 4) is 5.75 Å². The van der Waals surface area contributed by atoms with Crippen LogP contribution in [0, 0.1) is 13.8 Å². The number of halogens is 1. The summed E-state index contributed by atoms with van der Waals surface area (Å²) in [4.78, 5) is 23.8. The molecule has 2 amide bonds. The predicted molar refractivity (Wildman–Crippen MR) is 101 cm³/mol. The fourth-order valence-electron chi connectivity index (χ4n) is 2.12. The molecule has 0 unspecified atom stereocenters. The lowest BCUT2D eigenvalue weighted by atomic mass is 10.1. The molecule has 5 nitrogen and oxygen atoms in total. The zero-order valence-electron chi connectivity index (χ0n) is 14.3. The van der Waals surface area contributed by atoms with Crippen molar-refractivity contribution < 1.29 is 14.3 Å². The van der Waals surface area contributed by atoms with E-state index in [1.165, 1.54) is 5.56 Å². The predicted octanol–water partition coefficient (Wildman–Crippen LogP) is 2.99. The fraction of sp³-hybridized carbons (Fsp3) is 0.263. The first kappa shape index (κ1) is 19.0. The monoisotopic (exact) mass is 404 g/mol. The Labute approximate surface area is 155 Å². The first-order valence-electron chi connectivity index (χ1n) is 7.97. The van der Waals surface area contributed by atoms with Crippen molar-refractivity contribution in [2.24, 2.45) is 0 Å². The second-order valence-electron chi connectivity index (χ2n) is 5.62. The van der Waals surface area contributed by atoms with Crippen LogP contribution in [0.25, 0.3) is 0 Å². The molecular weight excluding hydrogens is 384 g/mol. The number of carbonyl (C=O) groups excluding carboxylic acids is 2. The zero-order valence-corrected chi connectivity index (χ0v) is 15.9. The third-order valence-corrected chi connectivity index (χ3v) is 4.39. The molecule has 0 fully saturated rings. The molecule has 2 aromatic rings. The summed E-state index contributed by atoms with van der Waals surface area (Å²) in [5.41, 5.74) is 2.86. The Morgan fingerprint density at radius 3 is 2.44 bits per heavy atom. The van der Waals surface area contributed by atoms with Crippen LogP contribution >= 0.6 is 15.9 Å². The number of carbonyl (C=O) groups is 2. The van der Waals surface area contributed by atoms with Gasteiger partial charge >= 0.3 is 0 Å². The molecule has 0 aliphatic carbocycles. The molecule has 2 aromatic carbocycles. The first-order chi connectivity index (χ1) is 12.0. The van der Waals surface area contributed by atoms with Gasteiger partial charge in [0.25, 0.3) is 11.8 Å². The van der Waals surface area contributed by atoms with E-state index in [2.05, 4.69) is 26.6 Å². The number of benzene rings is 2. The maximum atomic E-state index is 12.0. The first-order valence-corrected chi connectivity index (χ1v) is 8.76. The van der Waals surface area contributed by atoms with E-state index in [-0.39, 0.29) is 18.4 Å². The molecule has 0 atom stereocenters. The van der Waals surface area contributed by atoms with Crippen LogP contribution in [-0.4, -0.2) is 31.5 Å². The molecule has 0 spiro atoms. The second-order valence-corrected chi connectivity index (χ2v) is 6.47. The number of ether oxygens (including phenoxy) is 1. The summed E-state index contributed by atoms with van der Waals surface area (Å²) >= 11 is 3.33. The molecule has 0 aliphatic rings. The molecule has 132 valence electrons. The molecule has 0 saturated carbocycles. The lowest BCUT2D eigenvalue weighted by Crippen LogP contribution is -2.36. The summed E-state index contributed by atoms with van der Waals surface area (Å²) in [5, 5.41) is 5.47. The highest BCUT2D eigenvalue weighted by molar-refractivity contribution is 9.10. The van der Waals surface area contributed by atoms with Gasteiger partial charge in [0.05, 0.1) is 5.56 Å². The average molecular weight is 405 g/mol. The quantitative estimate of drug-likeness (QED) is 0.696. The highest BCUT2D eigenvalue weighted by Gasteiger charge is 2.08. The Balaban J connectivity index is 1.67. The molecule has 0 aromatic heterocycles. The van der Waals surface area contributed by atoms with E-state index in [9.17, 15) is 9.59 Å². The SMILES string of the molecule is Cc1ccc(OCC(=O)NCCNC(=O)c2ccccc2Br)cc1C. The maximum absolute atomic E-state index is 12.0. The van der Waals surface area contributed by atoms with E-state index in [1.807, 2.05) is 38.1 Å². The maximum Gasteiger partial charge on any atom is 0.258 e. The third kappa shape index (κ3) is 5.90. The Bertz CT molecular complexity index is 762. The summed E-state index contributed by atoms with van der Waals surface area (Å²) in [6.45, 7) is 4.64. The second kappa shape index (κ2) is 9.22. The van der Waals surface area contributed by atoms with E-state index < -0.39 is 0 Å². The Hall–Kier alpha value is -2.34. The molecule has 0 aliphatic heterocycles. The minimum Gasteiger partial charge on any atom is -0.484 e. The molecule has 6 heteroatoms. The number of hydrogen-bond donors (Lipinski definition) is 2. The van der Waals surface area contributed by atoms with Gasteiger partial charge in [0.15, 0.2) is 6.61 Å². The van der Waals surface area contributed by atoms with Crippen molar-refractivity contribution in [1.82, 2.24) is 10.6 Å². The van der Waals surface area contributed by atoms with E-state index in [4.69, 9.17) is 4.74 Å². The van der Waals surface area contributed by atoms with Crippen LogP contribution in [0.15, 0.2) is 46.9 Å². The third-order valence-electron chi connectivity index (χ3n) is 3.70. The Kier molecular flexibility index (Phi) is 7.01. The zero-order chi connectivity index (χ0) is 18.2. The van der Waals surface area contributed by atoms with Gasteiger partial charge in [-0.15, -0.1) is 0 Å². The van der Waals surface area contributed by atoms with E-state index >= 15 is 0 Å². The van der Waals surface area contributed by atoms with Crippen molar-refractivity contribution in [2.45, 2.75) is 13.8 Å². The van der Waals surface area contributed by atoms with Crippen molar-refractivity contribution in [2.75, 3.05) is 19.7 Å². The summed E-state index contributed by atoms with van der Waals surface area (Å²) in [6, 6.07) is 12.9. The standard InChI is InChI=1S/C19H21BrN2O3/c1-13-7-8-15(11-14(13)2)25-12-18(23)21-9-10-22-19(24)16-5-3-4-6-17(16)20/h3-8,11H,9-10,12H2,1-2H3,(H,21,23)(H,22,24). The Morgan fingerprint density at radius 2 is 1.72 bits per heavy atom. The van der Waals surface area contributed by atoms with Crippen LogP contribution in [0.1, 0.15) is 21.5 Å². The smallest absolute Gasteiger partial charge is 0.258 e. The normalized spacial score (nSPS) is 10.2. The van der Waals surface area contributed by atoms with E-state index in [0.29, 0.717) is 24.4 Å². The van der Waals surface area contributed by atoms with Gasteiger partial charge in [-0.25, -0.2) is 0 Å². The number of rotatable bonds is 7. The molecule has 25 heavy (non-hydrogen) atoms. The lowest BCUT2D eigenvalue weighted by molar-refractivity contribution is -0.123. The molecule has 2 N–H and O–H groups in total. The molecule has 0 radical (unpaired) electrons.